The molecule has 30 heavy (non-hydrogen) atoms. The van der Waals surface area contributed by atoms with E-state index in [0.29, 0.717) is 59.4 Å². The van der Waals surface area contributed by atoms with Crippen molar-refractivity contribution in [1.29, 1.82) is 5.26 Å². The van der Waals surface area contributed by atoms with Gasteiger partial charge >= 0.3 is 0 Å². The number of hydrogen-bond donors (Lipinski definition) is 1. The number of aromatic nitrogens is 2. The molecule has 0 amide bonds. The molecule has 1 saturated heterocycles. The summed E-state index contributed by atoms with van der Waals surface area (Å²) < 4.78 is 44.4. The molecule has 7 nitrogen and oxygen atoms in total. The van der Waals surface area contributed by atoms with Gasteiger partial charge in [0.15, 0.2) is 0 Å². The monoisotopic (exact) mass is 428 g/mol. The van der Waals surface area contributed by atoms with Gasteiger partial charge < -0.3 is 9.72 Å². The van der Waals surface area contributed by atoms with Gasteiger partial charge in [-0.3, -0.25) is 0 Å². The number of piperidine rings is 1. The van der Waals surface area contributed by atoms with E-state index in [1.54, 1.807) is 18.3 Å². The van der Waals surface area contributed by atoms with Crippen molar-refractivity contribution in [3.8, 4) is 22.9 Å². The number of nitrogens with zero attached hydrogens (tertiary/aromatic N) is 3. The summed E-state index contributed by atoms with van der Waals surface area (Å²) in [6.07, 6.45) is 4.02. The molecule has 0 unspecified atom stereocenters. The minimum atomic E-state index is -3.23. The fourth-order valence-electron chi connectivity index (χ4n) is 4.15. The van der Waals surface area contributed by atoms with Crippen molar-refractivity contribution >= 4 is 21.1 Å². The average Bonchev–Trinajstić information content (AvgIpc) is 3.12. The first-order chi connectivity index (χ1) is 14.3. The molecule has 0 spiro atoms. The van der Waals surface area contributed by atoms with Crippen LogP contribution in [0.5, 0.6) is 5.75 Å². The Morgan fingerprint density at radius 3 is 2.63 bits per heavy atom. The molecule has 1 N–H and O–H groups in total. The highest BCUT2D eigenvalue weighted by atomic mass is 32.2. The van der Waals surface area contributed by atoms with Crippen LogP contribution in [0.2, 0.25) is 0 Å². The van der Waals surface area contributed by atoms with Crippen LogP contribution in [-0.2, 0) is 10.0 Å². The van der Waals surface area contributed by atoms with Gasteiger partial charge in [0.05, 0.1) is 18.9 Å². The van der Waals surface area contributed by atoms with Gasteiger partial charge in [0, 0.05) is 41.8 Å². The third-order valence-corrected chi connectivity index (χ3v) is 6.92. The zero-order valence-electron chi connectivity index (χ0n) is 16.6. The van der Waals surface area contributed by atoms with Crippen LogP contribution in [0.3, 0.4) is 0 Å². The molecule has 156 valence electrons. The van der Waals surface area contributed by atoms with Crippen LogP contribution in [0.25, 0.3) is 22.2 Å². The molecule has 4 rings (SSSR count). The normalized spacial score (nSPS) is 15.9. The molecule has 9 heteroatoms. The van der Waals surface area contributed by atoms with Crippen LogP contribution < -0.4 is 4.74 Å². The number of hydrogen-bond acceptors (Lipinski definition) is 5. The van der Waals surface area contributed by atoms with Gasteiger partial charge in [0.1, 0.15) is 23.3 Å². The largest absolute Gasteiger partial charge is 0.496 e. The number of benzene rings is 1. The predicted molar refractivity (Wildman–Crippen MR) is 111 cm³/mol. The molecule has 0 atom stereocenters. The smallest absolute Gasteiger partial charge is 0.211 e. The number of ether oxygens (including phenoxy) is 1. The summed E-state index contributed by atoms with van der Waals surface area (Å²) in [6, 6.07) is 8.28. The van der Waals surface area contributed by atoms with Gasteiger partial charge in [-0.1, -0.05) is 0 Å². The maximum Gasteiger partial charge on any atom is 0.211 e. The fourth-order valence-corrected chi connectivity index (χ4v) is 5.02. The second kappa shape index (κ2) is 7.70. The summed E-state index contributed by atoms with van der Waals surface area (Å²) in [5.41, 5.74) is 2.94. The highest BCUT2D eigenvalue weighted by molar-refractivity contribution is 7.88. The summed E-state index contributed by atoms with van der Waals surface area (Å²) >= 11 is 0. The lowest BCUT2D eigenvalue weighted by atomic mass is 9.91. The Labute approximate surface area is 174 Å². The molecule has 3 aromatic rings. The Hall–Kier alpha value is -2.96. The minimum absolute atomic E-state index is 0.00843. The summed E-state index contributed by atoms with van der Waals surface area (Å²) in [7, 11) is -1.72. The number of nitrogens with one attached hydrogen (secondary N) is 1. The quantitative estimate of drug-likeness (QED) is 0.687. The second-order valence-electron chi connectivity index (χ2n) is 7.39. The molecule has 1 aliphatic rings. The van der Waals surface area contributed by atoms with Gasteiger partial charge in [-0.25, -0.2) is 22.1 Å². The zero-order valence-corrected chi connectivity index (χ0v) is 17.5. The lowest BCUT2D eigenvalue weighted by Gasteiger charge is -2.29. The first-order valence-electron chi connectivity index (χ1n) is 9.53. The Balaban J connectivity index is 1.82. The maximum absolute atomic E-state index is 14.0. The Morgan fingerprint density at radius 2 is 2.00 bits per heavy atom. The summed E-state index contributed by atoms with van der Waals surface area (Å²) in [6.45, 7) is 0.809. The lowest BCUT2D eigenvalue weighted by molar-refractivity contribution is 0.319. The Morgan fingerprint density at radius 1 is 1.27 bits per heavy atom. The van der Waals surface area contributed by atoms with E-state index in [9.17, 15) is 18.1 Å². The van der Waals surface area contributed by atoms with Gasteiger partial charge in [-0.15, -0.1) is 0 Å². The summed E-state index contributed by atoms with van der Waals surface area (Å²) in [5, 5.41) is 10.6. The zero-order chi connectivity index (χ0) is 21.5. The van der Waals surface area contributed by atoms with E-state index in [-0.39, 0.29) is 5.92 Å². The molecule has 0 saturated carbocycles. The molecule has 0 radical (unpaired) electrons. The molecule has 0 aliphatic carbocycles. The first kappa shape index (κ1) is 20.3. The van der Waals surface area contributed by atoms with Crippen LogP contribution in [-0.4, -0.2) is 49.1 Å². The van der Waals surface area contributed by atoms with E-state index in [1.165, 1.54) is 29.8 Å². The number of pyridine rings is 1. The van der Waals surface area contributed by atoms with Crippen LogP contribution in [0, 0.1) is 17.1 Å². The van der Waals surface area contributed by atoms with E-state index in [2.05, 4.69) is 16.0 Å². The van der Waals surface area contributed by atoms with E-state index < -0.39 is 15.8 Å². The predicted octanol–water partition coefficient (Wildman–Crippen LogP) is 3.39. The number of methoxy groups -OCH3 is 1. The van der Waals surface area contributed by atoms with Gasteiger partial charge in [-0.2, -0.15) is 5.26 Å². The van der Waals surface area contributed by atoms with Crippen LogP contribution in [0.15, 0.2) is 30.5 Å². The first-order valence-corrected chi connectivity index (χ1v) is 11.4. The fraction of sp³-hybridized carbons (Fsp3) is 0.333. The highest BCUT2D eigenvalue weighted by Crippen LogP contribution is 2.40. The van der Waals surface area contributed by atoms with Crippen LogP contribution in [0.1, 0.15) is 30.0 Å². The lowest BCUT2D eigenvalue weighted by Crippen LogP contribution is -2.37. The summed E-state index contributed by atoms with van der Waals surface area (Å²) in [5.74, 6) is 0.101. The van der Waals surface area contributed by atoms with Gasteiger partial charge in [-0.05, 0) is 42.7 Å². The van der Waals surface area contributed by atoms with Crippen molar-refractivity contribution in [3.05, 3.63) is 47.5 Å². The van der Waals surface area contributed by atoms with E-state index in [0.717, 1.165) is 5.69 Å². The molecule has 3 heterocycles. The summed E-state index contributed by atoms with van der Waals surface area (Å²) in [4.78, 5) is 7.64. The second-order valence-corrected chi connectivity index (χ2v) is 9.37. The van der Waals surface area contributed by atoms with E-state index in [4.69, 9.17) is 4.74 Å². The maximum atomic E-state index is 14.0. The van der Waals surface area contributed by atoms with Crippen LogP contribution >= 0.6 is 0 Å². The molecule has 1 aliphatic heterocycles. The number of fused-ring (bicyclic) bond motifs is 1. The molecule has 1 fully saturated rings. The van der Waals surface area contributed by atoms with E-state index >= 15 is 0 Å². The Bertz CT molecular complexity index is 1260. The van der Waals surface area contributed by atoms with Crippen LogP contribution in [0.4, 0.5) is 4.39 Å². The average molecular weight is 428 g/mol. The number of nitriles is 1. The molecule has 1 aromatic carbocycles. The third kappa shape index (κ3) is 3.53. The van der Waals surface area contributed by atoms with Gasteiger partial charge in [0.25, 0.3) is 0 Å². The molecule has 2 aromatic heterocycles. The number of halogens is 1. The van der Waals surface area contributed by atoms with Crippen molar-refractivity contribution in [2.24, 2.45) is 0 Å². The van der Waals surface area contributed by atoms with E-state index in [1.807, 2.05) is 0 Å². The number of sulfonamides is 1. The topological polar surface area (TPSA) is 99.1 Å². The third-order valence-electron chi connectivity index (χ3n) is 5.62. The van der Waals surface area contributed by atoms with Crippen molar-refractivity contribution in [2.75, 3.05) is 26.5 Å². The van der Waals surface area contributed by atoms with Crippen molar-refractivity contribution < 1.29 is 17.5 Å². The molecular weight excluding hydrogens is 407 g/mol. The standard InChI is InChI=1S/C21H21FN4O3S/c1-29-18-4-3-14(22)11-16(18)15-5-8-24-21-19(15)17(12-23)20(25-21)13-6-9-26(10-7-13)30(2,27)28/h3-5,8,11,13H,6-7,9-10H2,1-2H3,(H,24,25). The van der Waals surface area contributed by atoms with Crippen molar-refractivity contribution in [2.45, 2.75) is 18.8 Å². The van der Waals surface area contributed by atoms with Gasteiger partial charge in [0.2, 0.25) is 10.0 Å². The highest BCUT2D eigenvalue weighted by Gasteiger charge is 2.30. The number of aromatic amines is 1. The molecular formula is C21H21FN4O3S. The number of H-pyrrole nitrogens is 1. The SMILES string of the molecule is COc1ccc(F)cc1-c1ccnc2[nH]c(C3CCN(S(C)(=O)=O)CC3)c(C#N)c12. The Kier molecular flexibility index (Phi) is 5.22. The minimum Gasteiger partial charge on any atom is -0.496 e. The molecule has 0 bridgehead atoms. The van der Waals surface area contributed by atoms with Crippen molar-refractivity contribution in [3.63, 3.8) is 0 Å². The number of rotatable bonds is 4. The van der Waals surface area contributed by atoms with Crippen molar-refractivity contribution in [1.82, 2.24) is 14.3 Å².